The third kappa shape index (κ3) is 4.17. The molecule has 2 aromatic rings. The van der Waals surface area contributed by atoms with Crippen molar-refractivity contribution in [2.75, 3.05) is 18.4 Å². The molecule has 0 saturated carbocycles. The Bertz CT molecular complexity index is 867. The van der Waals surface area contributed by atoms with Crippen molar-refractivity contribution < 1.29 is 13.2 Å². The molecule has 2 heterocycles. The summed E-state index contributed by atoms with van der Waals surface area (Å²) in [6, 6.07) is 6.04. The lowest BCUT2D eigenvalue weighted by Gasteiger charge is -2.31. The van der Waals surface area contributed by atoms with Gasteiger partial charge in [-0.15, -0.1) is 10.2 Å². The highest BCUT2D eigenvalue weighted by molar-refractivity contribution is 7.89. The lowest BCUT2D eigenvalue weighted by atomic mass is 9.99. The van der Waals surface area contributed by atoms with E-state index in [9.17, 15) is 13.2 Å². The molecule has 25 heavy (non-hydrogen) atoms. The van der Waals surface area contributed by atoms with Crippen molar-refractivity contribution in [3.05, 3.63) is 34.3 Å². The lowest BCUT2D eigenvalue weighted by Crippen LogP contribution is -2.43. The van der Waals surface area contributed by atoms with Gasteiger partial charge in [0, 0.05) is 18.1 Å². The average molecular weight is 401 g/mol. The first kappa shape index (κ1) is 18.2. The van der Waals surface area contributed by atoms with E-state index in [1.54, 1.807) is 19.1 Å². The monoisotopic (exact) mass is 400 g/mol. The number of carbonyl (C=O) groups excluding carboxylic acids is 1. The molecule has 0 radical (unpaired) electrons. The number of halogens is 1. The highest BCUT2D eigenvalue weighted by Gasteiger charge is 2.33. The Morgan fingerprint density at radius 3 is 2.68 bits per heavy atom. The van der Waals surface area contributed by atoms with Crippen LogP contribution >= 0.6 is 22.9 Å². The Morgan fingerprint density at radius 2 is 2.04 bits per heavy atom. The number of rotatable bonds is 4. The number of anilines is 1. The smallest absolute Gasteiger partial charge is 0.243 e. The third-order valence-electron chi connectivity index (χ3n) is 3.96. The fourth-order valence-corrected chi connectivity index (χ4v) is 4.93. The van der Waals surface area contributed by atoms with E-state index in [0.717, 1.165) is 5.01 Å². The maximum absolute atomic E-state index is 12.8. The summed E-state index contributed by atoms with van der Waals surface area (Å²) in [5.74, 6) is -0.646. The third-order valence-corrected chi connectivity index (χ3v) is 6.85. The number of piperidine rings is 1. The van der Waals surface area contributed by atoms with Gasteiger partial charge in [-0.05, 0) is 44.0 Å². The molecule has 1 fully saturated rings. The molecule has 1 aliphatic rings. The molecular weight excluding hydrogens is 384 g/mol. The maximum Gasteiger partial charge on any atom is 0.243 e. The zero-order chi connectivity index (χ0) is 18.0. The minimum absolute atomic E-state index is 0.147. The number of carbonyl (C=O) groups is 1. The van der Waals surface area contributed by atoms with Gasteiger partial charge < -0.3 is 5.32 Å². The van der Waals surface area contributed by atoms with Crippen LogP contribution in [0, 0.1) is 12.8 Å². The van der Waals surface area contributed by atoms with Crippen LogP contribution in [-0.2, 0) is 14.8 Å². The summed E-state index contributed by atoms with van der Waals surface area (Å²) in [5, 5.41) is 12.1. The van der Waals surface area contributed by atoms with Gasteiger partial charge in [0.25, 0.3) is 0 Å². The molecule has 0 aliphatic carbocycles. The molecular formula is C15H17ClN4O3S2. The van der Waals surface area contributed by atoms with Crippen LogP contribution in [0.2, 0.25) is 5.02 Å². The van der Waals surface area contributed by atoms with Crippen molar-refractivity contribution in [3.8, 4) is 0 Å². The molecule has 7 nitrogen and oxygen atoms in total. The molecule has 1 amide bonds. The molecule has 1 saturated heterocycles. The predicted molar refractivity (Wildman–Crippen MR) is 96.2 cm³/mol. The van der Waals surface area contributed by atoms with E-state index in [2.05, 4.69) is 15.5 Å². The van der Waals surface area contributed by atoms with Crippen LogP contribution < -0.4 is 5.32 Å². The Labute approximate surface area is 155 Å². The molecule has 3 rings (SSSR count). The number of nitrogens with one attached hydrogen (secondary N) is 1. The molecule has 1 atom stereocenters. The van der Waals surface area contributed by atoms with Crippen LogP contribution in [0.4, 0.5) is 5.13 Å². The first-order chi connectivity index (χ1) is 11.9. The first-order valence-corrected chi connectivity index (χ1v) is 10.4. The van der Waals surface area contributed by atoms with Crippen molar-refractivity contribution in [1.82, 2.24) is 14.5 Å². The normalized spacial score (nSPS) is 18.9. The van der Waals surface area contributed by atoms with Gasteiger partial charge in [-0.2, -0.15) is 4.31 Å². The predicted octanol–water partition coefficient (Wildman–Crippen LogP) is 2.54. The highest BCUT2D eigenvalue weighted by Crippen LogP contribution is 2.26. The molecule has 1 aromatic carbocycles. The van der Waals surface area contributed by atoms with Gasteiger partial charge in [0.2, 0.25) is 21.1 Å². The molecule has 1 unspecified atom stereocenters. The first-order valence-electron chi connectivity index (χ1n) is 7.73. The second kappa shape index (κ2) is 7.36. The Morgan fingerprint density at radius 1 is 1.32 bits per heavy atom. The average Bonchev–Trinajstić information content (AvgIpc) is 3.00. The number of hydrogen-bond acceptors (Lipinski definition) is 6. The van der Waals surface area contributed by atoms with Gasteiger partial charge in [0.15, 0.2) is 0 Å². The number of sulfonamides is 1. The van der Waals surface area contributed by atoms with Gasteiger partial charge in [0.05, 0.1) is 10.8 Å². The number of aromatic nitrogens is 2. The number of amides is 1. The summed E-state index contributed by atoms with van der Waals surface area (Å²) in [4.78, 5) is 12.6. The number of aryl methyl sites for hydroxylation is 1. The van der Waals surface area contributed by atoms with Crippen molar-refractivity contribution in [3.63, 3.8) is 0 Å². The number of benzene rings is 1. The summed E-state index contributed by atoms with van der Waals surface area (Å²) in [5.41, 5.74) is 0. The summed E-state index contributed by atoms with van der Waals surface area (Å²) in [6.07, 6.45) is 1.26. The van der Waals surface area contributed by atoms with E-state index < -0.39 is 15.9 Å². The van der Waals surface area contributed by atoms with E-state index in [0.29, 0.717) is 29.5 Å². The summed E-state index contributed by atoms with van der Waals surface area (Å²) < 4.78 is 26.9. The lowest BCUT2D eigenvalue weighted by molar-refractivity contribution is -0.120. The topological polar surface area (TPSA) is 92.3 Å². The van der Waals surface area contributed by atoms with Gasteiger partial charge in [-0.3, -0.25) is 4.79 Å². The van der Waals surface area contributed by atoms with Crippen LogP contribution in [0.1, 0.15) is 17.8 Å². The van der Waals surface area contributed by atoms with E-state index in [4.69, 9.17) is 11.6 Å². The minimum atomic E-state index is -3.64. The van der Waals surface area contributed by atoms with Gasteiger partial charge in [0.1, 0.15) is 5.01 Å². The Hall–Kier alpha value is -1.55. The summed E-state index contributed by atoms with van der Waals surface area (Å²) in [7, 11) is -3.64. The Balaban J connectivity index is 1.71. The highest BCUT2D eigenvalue weighted by atomic mass is 35.5. The minimum Gasteiger partial charge on any atom is -0.300 e. The summed E-state index contributed by atoms with van der Waals surface area (Å²) in [6.45, 7) is 2.34. The number of hydrogen-bond donors (Lipinski definition) is 1. The molecule has 0 spiro atoms. The molecule has 1 N–H and O–H groups in total. The van der Waals surface area contributed by atoms with Crippen LogP contribution in [0.15, 0.2) is 29.2 Å². The Kier molecular flexibility index (Phi) is 5.38. The van der Waals surface area contributed by atoms with E-state index in [1.807, 2.05) is 0 Å². The van der Waals surface area contributed by atoms with Crippen LogP contribution in [0.3, 0.4) is 0 Å². The fourth-order valence-electron chi connectivity index (χ4n) is 2.68. The molecule has 134 valence electrons. The van der Waals surface area contributed by atoms with Gasteiger partial charge in [-0.25, -0.2) is 8.42 Å². The van der Waals surface area contributed by atoms with Crippen LogP contribution in [0.25, 0.3) is 0 Å². The molecule has 0 bridgehead atoms. The number of nitrogens with zero attached hydrogens (tertiary/aromatic N) is 3. The van der Waals surface area contributed by atoms with E-state index in [1.165, 1.54) is 27.8 Å². The molecule has 10 heteroatoms. The summed E-state index contributed by atoms with van der Waals surface area (Å²) >= 11 is 7.11. The van der Waals surface area contributed by atoms with E-state index in [-0.39, 0.29) is 17.3 Å². The van der Waals surface area contributed by atoms with Crippen LogP contribution in [0.5, 0.6) is 0 Å². The van der Waals surface area contributed by atoms with E-state index >= 15 is 0 Å². The second-order valence-electron chi connectivity index (χ2n) is 5.77. The molecule has 1 aromatic heterocycles. The van der Waals surface area contributed by atoms with Crippen molar-refractivity contribution in [1.29, 1.82) is 0 Å². The fraction of sp³-hybridized carbons (Fsp3) is 0.400. The SMILES string of the molecule is Cc1nnc(NC(=O)C2CCCN(S(=O)(=O)c3ccc(Cl)cc3)C2)s1. The van der Waals surface area contributed by atoms with Gasteiger partial charge in [-0.1, -0.05) is 22.9 Å². The maximum atomic E-state index is 12.8. The standard InChI is InChI=1S/C15H17ClN4O3S2/c1-10-18-19-15(24-10)17-14(21)11-3-2-8-20(9-11)25(22,23)13-6-4-12(16)5-7-13/h4-7,11H,2-3,8-9H2,1H3,(H,17,19,21). The van der Waals surface area contributed by atoms with Crippen molar-refractivity contribution >= 4 is 44.0 Å². The van der Waals surface area contributed by atoms with Crippen molar-refractivity contribution in [2.45, 2.75) is 24.7 Å². The van der Waals surface area contributed by atoms with Crippen molar-refractivity contribution in [2.24, 2.45) is 5.92 Å². The zero-order valence-corrected chi connectivity index (χ0v) is 15.9. The zero-order valence-electron chi connectivity index (χ0n) is 13.5. The second-order valence-corrected chi connectivity index (χ2v) is 9.33. The quantitative estimate of drug-likeness (QED) is 0.851. The van der Waals surface area contributed by atoms with Gasteiger partial charge >= 0.3 is 0 Å². The largest absolute Gasteiger partial charge is 0.300 e. The molecule has 1 aliphatic heterocycles. The van der Waals surface area contributed by atoms with Crippen LogP contribution in [-0.4, -0.2) is 41.9 Å².